The van der Waals surface area contributed by atoms with Crippen LogP contribution in [0, 0.1) is 0 Å². The lowest BCUT2D eigenvalue weighted by Gasteiger charge is -2.05. The molecule has 1 aromatic carbocycles. The van der Waals surface area contributed by atoms with Crippen LogP contribution in [0.4, 0.5) is 8.78 Å². The zero-order chi connectivity index (χ0) is 11.8. The Morgan fingerprint density at radius 2 is 2.06 bits per heavy atom. The smallest absolute Gasteiger partial charge is 0.284 e. The van der Waals surface area contributed by atoms with Crippen LogP contribution in [0.2, 0.25) is 0 Å². The van der Waals surface area contributed by atoms with Gasteiger partial charge in [-0.25, -0.2) is 13.5 Å². The van der Waals surface area contributed by atoms with E-state index in [4.69, 9.17) is 0 Å². The molecule has 0 aliphatic carbocycles. The molecule has 6 heteroatoms. The first-order chi connectivity index (χ1) is 8.27. The van der Waals surface area contributed by atoms with Crippen molar-refractivity contribution < 1.29 is 8.78 Å². The summed E-state index contributed by atoms with van der Waals surface area (Å²) in [6.07, 6.45) is -2.59. The molecule has 2 heterocycles. The lowest BCUT2D eigenvalue weighted by Crippen LogP contribution is -2.12. The second kappa shape index (κ2) is 3.89. The van der Waals surface area contributed by atoms with Crippen LogP contribution >= 0.6 is 0 Å². The quantitative estimate of drug-likeness (QED) is 0.821. The first-order valence-corrected chi connectivity index (χ1v) is 5.29. The number of benzene rings is 1. The van der Waals surface area contributed by atoms with Crippen LogP contribution in [-0.2, 0) is 13.1 Å². The van der Waals surface area contributed by atoms with Gasteiger partial charge in [0.05, 0.1) is 11.4 Å². The number of halogens is 2. The molecule has 0 radical (unpaired) electrons. The summed E-state index contributed by atoms with van der Waals surface area (Å²) in [7, 11) is 0. The Morgan fingerprint density at radius 1 is 1.24 bits per heavy atom. The molecule has 0 saturated carbocycles. The number of hydrogen-bond donors (Lipinski definition) is 1. The average molecular weight is 236 g/mol. The maximum absolute atomic E-state index is 12.8. The van der Waals surface area contributed by atoms with Crippen molar-refractivity contribution in [2.75, 3.05) is 0 Å². The lowest BCUT2D eigenvalue weighted by atomic mass is 10.2. The summed E-state index contributed by atoms with van der Waals surface area (Å²) in [6.45, 7) is 0.990. The Morgan fingerprint density at radius 3 is 2.88 bits per heavy atom. The van der Waals surface area contributed by atoms with E-state index in [1.54, 1.807) is 0 Å². The van der Waals surface area contributed by atoms with Gasteiger partial charge in [-0.3, -0.25) is 0 Å². The maximum Gasteiger partial charge on any atom is 0.284 e. The molecule has 0 spiro atoms. The SMILES string of the molecule is FC(F)c1nnn2c1CNCc1ccccc1-2. The number of hydrogen-bond acceptors (Lipinski definition) is 3. The molecule has 0 bridgehead atoms. The maximum atomic E-state index is 12.8. The van der Waals surface area contributed by atoms with Crippen LogP contribution in [0.15, 0.2) is 24.3 Å². The molecule has 1 N–H and O–H groups in total. The molecule has 0 saturated heterocycles. The molecule has 3 rings (SSSR count). The summed E-state index contributed by atoms with van der Waals surface area (Å²) >= 11 is 0. The Labute approximate surface area is 96.3 Å². The summed E-state index contributed by atoms with van der Waals surface area (Å²) < 4.78 is 27.0. The van der Waals surface area contributed by atoms with Crippen molar-refractivity contribution in [2.24, 2.45) is 0 Å². The Kier molecular flexibility index (Phi) is 2.36. The molecule has 1 aromatic heterocycles. The van der Waals surface area contributed by atoms with E-state index in [0.29, 0.717) is 18.8 Å². The first kappa shape index (κ1) is 10.3. The number of rotatable bonds is 1. The van der Waals surface area contributed by atoms with Gasteiger partial charge in [0.15, 0.2) is 5.69 Å². The fourth-order valence-electron chi connectivity index (χ4n) is 2.02. The largest absolute Gasteiger partial charge is 0.307 e. The van der Waals surface area contributed by atoms with Gasteiger partial charge in [-0.15, -0.1) is 5.10 Å². The normalized spacial score (nSPS) is 14.3. The van der Waals surface area contributed by atoms with Crippen LogP contribution in [0.3, 0.4) is 0 Å². The van der Waals surface area contributed by atoms with Gasteiger partial charge < -0.3 is 5.32 Å². The van der Waals surface area contributed by atoms with Gasteiger partial charge in [0.2, 0.25) is 0 Å². The molecule has 1 aliphatic rings. The van der Waals surface area contributed by atoms with Gasteiger partial charge in [-0.1, -0.05) is 23.4 Å². The minimum absolute atomic E-state index is 0.241. The van der Waals surface area contributed by atoms with Gasteiger partial charge in [-0.05, 0) is 11.6 Å². The summed E-state index contributed by atoms with van der Waals surface area (Å²) in [6, 6.07) is 7.57. The summed E-state index contributed by atoms with van der Waals surface area (Å²) in [5, 5.41) is 10.5. The third-order valence-electron chi connectivity index (χ3n) is 2.83. The van der Waals surface area contributed by atoms with Crippen molar-refractivity contribution in [2.45, 2.75) is 19.5 Å². The predicted molar refractivity (Wildman–Crippen MR) is 56.9 cm³/mol. The number of aromatic nitrogens is 3. The molecule has 0 fully saturated rings. The number of nitrogens with one attached hydrogen (secondary N) is 1. The number of fused-ring (bicyclic) bond motifs is 3. The fourth-order valence-corrected chi connectivity index (χ4v) is 2.02. The van der Waals surface area contributed by atoms with Crippen LogP contribution in [0.1, 0.15) is 23.4 Å². The number of nitrogens with zero attached hydrogens (tertiary/aromatic N) is 3. The van der Waals surface area contributed by atoms with Gasteiger partial charge in [0, 0.05) is 13.1 Å². The molecule has 17 heavy (non-hydrogen) atoms. The zero-order valence-electron chi connectivity index (χ0n) is 8.90. The monoisotopic (exact) mass is 236 g/mol. The van der Waals surface area contributed by atoms with Crippen molar-refractivity contribution in [3.05, 3.63) is 41.2 Å². The highest BCUT2D eigenvalue weighted by Gasteiger charge is 2.24. The van der Waals surface area contributed by atoms with E-state index in [1.165, 1.54) is 4.68 Å². The molecule has 0 unspecified atom stereocenters. The fraction of sp³-hybridized carbons (Fsp3) is 0.273. The third kappa shape index (κ3) is 1.61. The summed E-state index contributed by atoms with van der Waals surface area (Å²) in [5.74, 6) is 0. The Bertz CT molecular complexity index is 550. The number of para-hydroxylation sites is 1. The lowest BCUT2D eigenvalue weighted by molar-refractivity contribution is 0.144. The van der Waals surface area contributed by atoms with E-state index in [9.17, 15) is 8.78 Å². The Hall–Kier alpha value is -1.82. The standard InChI is InChI=1S/C11H10F2N4/c12-11(13)10-9-6-14-5-7-3-1-2-4-8(7)17(9)16-15-10/h1-4,11,14H,5-6H2. The van der Waals surface area contributed by atoms with E-state index in [2.05, 4.69) is 15.6 Å². The van der Waals surface area contributed by atoms with Crippen LogP contribution < -0.4 is 5.32 Å². The van der Waals surface area contributed by atoms with Crippen LogP contribution in [-0.4, -0.2) is 15.0 Å². The molecule has 1 aliphatic heterocycles. The van der Waals surface area contributed by atoms with Crippen LogP contribution in [0.5, 0.6) is 0 Å². The molecule has 88 valence electrons. The van der Waals surface area contributed by atoms with Crippen LogP contribution in [0.25, 0.3) is 5.69 Å². The minimum atomic E-state index is -2.59. The van der Waals surface area contributed by atoms with E-state index in [1.807, 2.05) is 24.3 Å². The zero-order valence-corrected chi connectivity index (χ0v) is 8.90. The van der Waals surface area contributed by atoms with Crippen molar-refractivity contribution in [3.8, 4) is 5.69 Å². The minimum Gasteiger partial charge on any atom is -0.307 e. The Balaban J connectivity index is 2.20. The number of alkyl halides is 2. The average Bonchev–Trinajstić information content (AvgIpc) is 2.66. The molecule has 0 atom stereocenters. The predicted octanol–water partition coefficient (Wildman–Crippen LogP) is 1.81. The highest BCUT2D eigenvalue weighted by molar-refractivity contribution is 5.43. The van der Waals surface area contributed by atoms with Gasteiger partial charge in [0.1, 0.15) is 0 Å². The van der Waals surface area contributed by atoms with Gasteiger partial charge in [0.25, 0.3) is 6.43 Å². The van der Waals surface area contributed by atoms with Crippen molar-refractivity contribution >= 4 is 0 Å². The van der Waals surface area contributed by atoms with Gasteiger partial charge >= 0.3 is 0 Å². The second-order valence-corrected chi connectivity index (χ2v) is 3.87. The molecule has 2 aromatic rings. The molecule has 4 nitrogen and oxygen atoms in total. The molecule has 0 amide bonds. The second-order valence-electron chi connectivity index (χ2n) is 3.87. The first-order valence-electron chi connectivity index (χ1n) is 5.29. The molecular weight excluding hydrogens is 226 g/mol. The van der Waals surface area contributed by atoms with Gasteiger partial charge in [-0.2, -0.15) is 0 Å². The highest BCUT2D eigenvalue weighted by atomic mass is 19.3. The van der Waals surface area contributed by atoms with E-state index < -0.39 is 6.43 Å². The van der Waals surface area contributed by atoms with E-state index in [0.717, 1.165) is 11.3 Å². The molecular formula is C11H10F2N4. The van der Waals surface area contributed by atoms with Crippen molar-refractivity contribution in [1.29, 1.82) is 0 Å². The van der Waals surface area contributed by atoms with E-state index in [-0.39, 0.29) is 5.69 Å². The topological polar surface area (TPSA) is 42.7 Å². The third-order valence-corrected chi connectivity index (χ3v) is 2.83. The van der Waals surface area contributed by atoms with E-state index >= 15 is 0 Å². The highest BCUT2D eigenvalue weighted by Crippen LogP contribution is 2.25. The summed E-state index contributed by atoms with van der Waals surface area (Å²) in [5.41, 5.74) is 2.03. The van der Waals surface area contributed by atoms with Crippen molar-refractivity contribution in [1.82, 2.24) is 20.3 Å². The van der Waals surface area contributed by atoms with Crippen molar-refractivity contribution in [3.63, 3.8) is 0 Å². The summed E-state index contributed by atoms with van der Waals surface area (Å²) in [4.78, 5) is 0.